The molecule has 1 amide bonds. The van der Waals surface area contributed by atoms with E-state index in [1.165, 1.54) is 21.9 Å². The number of para-hydroxylation sites is 1. The predicted molar refractivity (Wildman–Crippen MR) is 107 cm³/mol. The first-order valence-corrected chi connectivity index (χ1v) is 9.31. The third-order valence-corrected chi connectivity index (χ3v) is 5.25. The molecule has 26 heavy (non-hydrogen) atoms. The lowest BCUT2D eigenvalue weighted by molar-refractivity contribution is -0.113. The summed E-state index contributed by atoms with van der Waals surface area (Å²) in [5.74, 6) is 0.0678. The number of hydrogen-bond donors (Lipinski definition) is 1. The van der Waals surface area contributed by atoms with Crippen molar-refractivity contribution in [3.63, 3.8) is 0 Å². The predicted octanol–water partition coefficient (Wildman–Crippen LogP) is 3.59. The lowest BCUT2D eigenvalue weighted by atomic mass is 10.1. The number of nitrogens with zero attached hydrogens (tertiary/aromatic N) is 2. The van der Waals surface area contributed by atoms with Gasteiger partial charge in [0.1, 0.15) is 0 Å². The monoisotopic (exact) mass is 367 g/mol. The second-order valence-electron chi connectivity index (χ2n) is 6.39. The molecule has 6 heteroatoms. The Morgan fingerprint density at radius 1 is 1.15 bits per heavy atom. The summed E-state index contributed by atoms with van der Waals surface area (Å²) in [6.45, 7) is 6.00. The quantitative estimate of drug-likeness (QED) is 0.565. The molecule has 0 saturated carbocycles. The number of nitrogens with one attached hydrogen (secondary N) is 1. The number of amides is 1. The highest BCUT2D eigenvalue weighted by Crippen LogP contribution is 2.23. The van der Waals surface area contributed by atoms with E-state index in [0.29, 0.717) is 16.1 Å². The van der Waals surface area contributed by atoms with E-state index in [0.717, 1.165) is 16.8 Å². The zero-order valence-electron chi connectivity index (χ0n) is 15.3. The maximum absolute atomic E-state index is 12.4. The Balaban J connectivity index is 1.77. The van der Waals surface area contributed by atoms with Crippen LogP contribution in [0.15, 0.2) is 46.3 Å². The molecule has 0 fully saturated rings. The molecule has 3 aromatic rings. The second-order valence-corrected chi connectivity index (χ2v) is 7.33. The second kappa shape index (κ2) is 7.33. The van der Waals surface area contributed by atoms with Crippen LogP contribution in [0.25, 0.3) is 10.9 Å². The Kier molecular flexibility index (Phi) is 5.13. The highest BCUT2D eigenvalue weighted by molar-refractivity contribution is 7.99. The Morgan fingerprint density at radius 3 is 2.50 bits per heavy atom. The Bertz CT molecular complexity index is 1030. The topological polar surface area (TPSA) is 64.0 Å². The van der Waals surface area contributed by atoms with E-state index in [-0.39, 0.29) is 17.2 Å². The molecule has 134 valence electrons. The minimum Gasteiger partial charge on any atom is -0.325 e. The number of carbonyl (C=O) groups excluding carboxylic acids is 1. The van der Waals surface area contributed by atoms with E-state index in [1.807, 2.05) is 45.0 Å². The molecular weight excluding hydrogens is 346 g/mol. The molecule has 0 radical (unpaired) electrons. The lowest BCUT2D eigenvalue weighted by Crippen LogP contribution is -2.21. The average Bonchev–Trinajstić information content (AvgIpc) is 2.60. The number of anilines is 1. The van der Waals surface area contributed by atoms with Gasteiger partial charge in [0.05, 0.1) is 16.7 Å². The molecule has 1 N–H and O–H groups in total. The third-order valence-electron chi connectivity index (χ3n) is 4.22. The van der Waals surface area contributed by atoms with E-state index < -0.39 is 0 Å². The Hall–Kier alpha value is -2.60. The van der Waals surface area contributed by atoms with Crippen molar-refractivity contribution in [2.24, 2.45) is 7.05 Å². The van der Waals surface area contributed by atoms with Crippen LogP contribution in [0, 0.1) is 20.8 Å². The van der Waals surface area contributed by atoms with Crippen molar-refractivity contribution in [3.8, 4) is 0 Å². The van der Waals surface area contributed by atoms with Crippen LogP contribution in [-0.4, -0.2) is 21.2 Å². The van der Waals surface area contributed by atoms with Crippen molar-refractivity contribution in [2.45, 2.75) is 25.9 Å². The smallest absolute Gasteiger partial charge is 0.261 e. The van der Waals surface area contributed by atoms with Gasteiger partial charge >= 0.3 is 0 Å². The number of aryl methyl sites for hydroxylation is 3. The fourth-order valence-electron chi connectivity index (χ4n) is 3.01. The number of aromatic nitrogens is 2. The summed E-state index contributed by atoms with van der Waals surface area (Å²) in [7, 11) is 1.68. The molecule has 0 aliphatic heterocycles. The van der Waals surface area contributed by atoms with E-state index in [2.05, 4.69) is 10.3 Å². The summed E-state index contributed by atoms with van der Waals surface area (Å²) in [6, 6.07) is 11.3. The summed E-state index contributed by atoms with van der Waals surface area (Å²) < 4.78 is 1.49. The first-order chi connectivity index (χ1) is 12.4. The van der Waals surface area contributed by atoms with Gasteiger partial charge in [-0.15, -0.1) is 0 Å². The van der Waals surface area contributed by atoms with Gasteiger partial charge in [-0.05, 0) is 44.0 Å². The van der Waals surface area contributed by atoms with Gasteiger partial charge in [0, 0.05) is 12.7 Å². The number of benzene rings is 2. The third kappa shape index (κ3) is 3.65. The van der Waals surface area contributed by atoms with Crippen molar-refractivity contribution in [2.75, 3.05) is 11.1 Å². The maximum atomic E-state index is 12.4. The zero-order valence-corrected chi connectivity index (χ0v) is 16.1. The molecule has 0 saturated heterocycles. The molecule has 1 aromatic heterocycles. The van der Waals surface area contributed by atoms with E-state index in [4.69, 9.17) is 0 Å². The molecule has 2 aromatic carbocycles. The molecular formula is C20H21N3O2S. The van der Waals surface area contributed by atoms with Crippen LogP contribution < -0.4 is 10.9 Å². The van der Waals surface area contributed by atoms with Crippen LogP contribution in [0.1, 0.15) is 16.7 Å². The van der Waals surface area contributed by atoms with Crippen LogP contribution in [0.2, 0.25) is 0 Å². The van der Waals surface area contributed by atoms with Gasteiger partial charge in [-0.1, -0.05) is 41.6 Å². The largest absolute Gasteiger partial charge is 0.325 e. The minimum atomic E-state index is -0.118. The number of hydrogen-bond acceptors (Lipinski definition) is 4. The highest BCUT2D eigenvalue weighted by atomic mass is 32.2. The number of thioether (sulfide) groups is 1. The summed E-state index contributed by atoms with van der Waals surface area (Å²) in [6.07, 6.45) is 0. The first kappa shape index (κ1) is 18.2. The molecule has 5 nitrogen and oxygen atoms in total. The van der Waals surface area contributed by atoms with Gasteiger partial charge < -0.3 is 5.32 Å². The van der Waals surface area contributed by atoms with Crippen LogP contribution in [-0.2, 0) is 11.8 Å². The molecule has 0 spiro atoms. The van der Waals surface area contributed by atoms with Crippen molar-refractivity contribution < 1.29 is 4.79 Å². The average molecular weight is 367 g/mol. The highest BCUT2D eigenvalue weighted by Gasteiger charge is 2.12. The van der Waals surface area contributed by atoms with Gasteiger partial charge in [0.15, 0.2) is 5.16 Å². The Morgan fingerprint density at radius 2 is 1.81 bits per heavy atom. The lowest BCUT2D eigenvalue weighted by Gasteiger charge is -2.13. The van der Waals surface area contributed by atoms with Gasteiger partial charge in [0.2, 0.25) is 5.91 Å². The molecule has 3 rings (SSSR count). The summed E-state index contributed by atoms with van der Waals surface area (Å²) in [4.78, 5) is 29.3. The normalized spacial score (nSPS) is 10.9. The molecule has 0 aliphatic carbocycles. The Labute approximate surface area is 156 Å². The number of rotatable bonds is 4. The number of fused-ring (bicyclic) bond motifs is 1. The van der Waals surface area contributed by atoms with Crippen molar-refractivity contribution in [1.82, 2.24) is 9.55 Å². The van der Waals surface area contributed by atoms with Crippen molar-refractivity contribution in [1.29, 1.82) is 0 Å². The summed E-state index contributed by atoms with van der Waals surface area (Å²) in [5.41, 5.74) is 4.63. The SMILES string of the molecule is Cc1cc(C)c(NC(=O)CSc2nc3ccccc3c(=O)n2C)c(C)c1. The zero-order chi connectivity index (χ0) is 18.8. The summed E-state index contributed by atoms with van der Waals surface area (Å²) in [5, 5.41) is 4.08. The number of carbonyl (C=O) groups is 1. The van der Waals surface area contributed by atoms with Crippen LogP contribution in [0.5, 0.6) is 0 Å². The molecule has 0 unspecified atom stereocenters. The minimum absolute atomic E-state index is 0.108. The standard InChI is InChI=1S/C20H21N3O2S/c1-12-9-13(2)18(14(3)10-12)22-17(24)11-26-20-21-16-8-6-5-7-15(16)19(25)23(20)4/h5-10H,11H2,1-4H3,(H,22,24). The molecule has 0 aliphatic rings. The van der Waals surface area contributed by atoms with Gasteiger partial charge in [-0.2, -0.15) is 0 Å². The van der Waals surface area contributed by atoms with Crippen molar-refractivity contribution >= 4 is 34.3 Å². The van der Waals surface area contributed by atoms with Gasteiger partial charge in [-0.3, -0.25) is 14.2 Å². The van der Waals surface area contributed by atoms with Crippen LogP contribution in [0.3, 0.4) is 0 Å². The van der Waals surface area contributed by atoms with Crippen LogP contribution in [0.4, 0.5) is 5.69 Å². The van der Waals surface area contributed by atoms with Gasteiger partial charge in [0.25, 0.3) is 5.56 Å². The van der Waals surface area contributed by atoms with Gasteiger partial charge in [-0.25, -0.2) is 4.98 Å². The maximum Gasteiger partial charge on any atom is 0.261 e. The van der Waals surface area contributed by atoms with Crippen LogP contribution >= 0.6 is 11.8 Å². The molecule has 0 atom stereocenters. The fraction of sp³-hybridized carbons (Fsp3) is 0.250. The molecule has 1 heterocycles. The summed E-state index contributed by atoms with van der Waals surface area (Å²) >= 11 is 1.26. The molecule has 0 bridgehead atoms. The fourth-order valence-corrected chi connectivity index (χ4v) is 3.78. The van der Waals surface area contributed by atoms with Crippen molar-refractivity contribution in [3.05, 3.63) is 63.4 Å². The first-order valence-electron chi connectivity index (χ1n) is 8.33. The van der Waals surface area contributed by atoms with E-state index in [1.54, 1.807) is 19.2 Å². The van der Waals surface area contributed by atoms with E-state index >= 15 is 0 Å². The van der Waals surface area contributed by atoms with E-state index in [9.17, 15) is 9.59 Å².